The Morgan fingerprint density at radius 2 is 1.05 bits per heavy atom. The van der Waals surface area contributed by atoms with Crippen LogP contribution in [0.5, 0.6) is 0 Å². The summed E-state index contributed by atoms with van der Waals surface area (Å²) >= 11 is 0. The largest absolute Gasteiger partial charge is 0.309 e. The number of allylic oxidation sites excluding steroid dienone is 3. The Morgan fingerprint density at radius 1 is 0.523 bits per heavy atom. The first-order valence-corrected chi connectivity index (χ1v) is 15.2. The number of fused-ring (bicyclic) bond motifs is 6. The van der Waals surface area contributed by atoms with Gasteiger partial charge in [-0.25, -0.2) is 0 Å². The molecule has 210 valence electrons. The van der Waals surface area contributed by atoms with E-state index in [1.165, 1.54) is 66.0 Å². The van der Waals surface area contributed by atoms with E-state index in [0.29, 0.717) is 0 Å². The Morgan fingerprint density at radius 3 is 1.70 bits per heavy atom. The predicted octanol–water partition coefficient (Wildman–Crippen LogP) is 11.4. The van der Waals surface area contributed by atoms with E-state index in [9.17, 15) is 0 Å². The van der Waals surface area contributed by atoms with Gasteiger partial charge in [0.2, 0.25) is 0 Å². The highest BCUT2D eigenvalue weighted by atomic mass is 15.0. The summed E-state index contributed by atoms with van der Waals surface area (Å²) in [5, 5.41) is 5.06. The van der Waals surface area contributed by atoms with Crippen molar-refractivity contribution in [2.45, 2.75) is 13.8 Å². The van der Waals surface area contributed by atoms with Crippen molar-refractivity contribution >= 4 is 49.2 Å². The molecule has 0 unspecified atom stereocenters. The summed E-state index contributed by atoms with van der Waals surface area (Å²) in [7, 11) is 0. The van der Waals surface area contributed by atoms with Crippen molar-refractivity contribution in [3.63, 3.8) is 0 Å². The van der Waals surface area contributed by atoms with Crippen LogP contribution in [0.3, 0.4) is 0 Å². The van der Waals surface area contributed by atoms with Gasteiger partial charge in [-0.1, -0.05) is 91.0 Å². The fourth-order valence-electron chi connectivity index (χ4n) is 6.72. The maximum Gasteiger partial charge on any atom is 0.0541 e. The quantitative estimate of drug-likeness (QED) is 0.184. The maximum atomic E-state index is 4.21. The van der Waals surface area contributed by atoms with Crippen LogP contribution in [0.1, 0.15) is 18.1 Å². The zero-order chi connectivity index (χ0) is 29.8. The summed E-state index contributed by atoms with van der Waals surface area (Å²) in [6.07, 6.45) is 4.08. The van der Waals surface area contributed by atoms with Gasteiger partial charge in [-0.3, -0.25) is 0 Å². The summed E-state index contributed by atoms with van der Waals surface area (Å²) < 4.78 is 4.75. The van der Waals surface area contributed by atoms with E-state index >= 15 is 0 Å². The highest BCUT2D eigenvalue weighted by Gasteiger charge is 2.16. The molecule has 6 aromatic carbocycles. The maximum absolute atomic E-state index is 4.21. The molecule has 0 spiro atoms. The zero-order valence-corrected chi connectivity index (χ0v) is 25.0. The van der Waals surface area contributed by atoms with Crippen LogP contribution < -0.4 is 0 Å². The molecule has 2 nitrogen and oxygen atoms in total. The Hall–Kier alpha value is -5.60. The van der Waals surface area contributed by atoms with Crippen LogP contribution >= 0.6 is 0 Å². The summed E-state index contributed by atoms with van der Waals surface area (Å²) in [6.45, 7) is 8.41. The number of aromatic nitrogens is 2. The number of nitrogens with zero attached hydrogens (tertiary/aromatic N) is 2. The highest BCUT2D eigenvalue weighted by Crippen LogP contribution is 2.38. The normalized spacial score (nSPS) is 11.9. The Labute approximate surface area is 257 Å². The van der Waals surface area contributed by atoms with Gasteiger partial charge in [-0.2, -0.15) is 0 Å². The second-order valence-electron chi connectivity index (χ2n) is 11.6. The first-order valence-electron chi connectivity index (χ1n) is 15.2. The lowest BCUT2D eigenvalue weighted by Gasteiger charge is -2.10. The fraction of sp³-hybridized carbons (Fsp3) is 0.0476. The molecule has 0 bridgehead atoms. The molecular weight excluding hydrogens is 532 g/mol. The molecule has 0 saturated heterocycles. The minimum atomic E-state index is 1.02. The molecule has 2 heteroatoms. The van der Waals surface area contributed by atoms with Crippen molar-refractivity contribution in [2.24, 2.45) is 0 Å². The van der Waals surface area contributed by atoms with Crippen LogP contribution in [0, 0.1) is 6.92 Å². The standard InChI is InChI=1S/C42H32N2/c1-4-10-29(3)30-16-20-34(21-17-30)44-40-22-15-28(2)25-36(40)38-27-32(19-24-42(38)44)31-18-23-41-37(26-31)35-13-8-9-14-39(35)43(41)33-11-6-5-7-12-33/h4-27H,3H2,1-2H3. The summed E-state index contributed by atoms with van der Waals surface area (Å²) in [4.78, 5) is 0. The van der Waals surface area contributed by atoms with Gasteiger partial charge >= 0.3 is 0 Å². The van der Waals surface area contributed by atoms with E-state index in [2.05, 4.69) is 162 Å². The molecule has 0 radical (unpaired) electrons. The van der Waals surface area contributed by atoms with Crippen molar-refractivity contribution in [1.82, 2.24) is 9.13 Å². The minimum absolute atomic E-state index is 1.02. The lowest BCUT2D eigenvalue weighted by Crippen LogP contribution is -1.94. The van der Waals surface area contributed by atoms with Crippen LogP contribution in [-0.2, 0) is 0 Å². The Kier molecular flexibility index (Phi) is 6.09. The van der Waals surface area contributed by atoms with Gasteiger partial charge in [0.1, 0.15) is 0 Å². The van der Waals surface area contributed by atoms with Crippen LogP contribution in [0.15, 0.2) is 152 Å². The second-order valence-corrected chi connectivity index (χ2v) is 11.6. The zero-order valence-electron chi connectivity index (χ0n) is 25.0. The number of hydrogen-bond donors (Lipinski definition) is 0. The summed E-state index contributed by atoms with van der Waals surface area (Å²) in [5.74, 6) is 0. The molecule has 8 rings (SSSR count). The molecule has 2 heterocycles. The first-order chi connectivity index (χ1) is 21.6. The number of benzene rings is 6. The number of aryl methyl sites for hydroxylation is 1. The predicted molar refractivity (Wildman–Crippen MR) is 189 cm³/mol. The van der Waals surface area contributed by atoms with E-state index in [0.717, 1.165) is 16.8 Å². The molecule has 0 amide bonds. The van der Waals surface area contributed by atoms with E-state index in [1.807, 2.05) is 13.0 Å². The average Bonchev–Trinajstić information content (AvgIpc) is 3.57. The topological polar surface area (TPSA) is 9.86 Å². The highest BCUT2D eigenvalue weighted by molar-refractivity contribution is 6.12. The number of para-hydroxylation sites is 2. The fourth-order valence-corrected chi connectivity index (χ4v) is 6.72. The smallest absolute Gasteiger partial charge is 0.0541 e. The SMILES string of the molecule is C=C(C=CC)c1ccc(-n2c3ccc(C)cc3c3cc(-c4ccc5c(c4)c4ccccc4n5-c4ccccc4)ccc32)cc1. The van der Waals surface area contributed by atoms with Crippen LogP contribution in [0.4, 0.5) is 0 Å². The van der Waals surface area contributed by atoms with Gasteiger partial charge in [-0.05, 0) is 103 Å². The van der Waals surface area contributed by atoms with Crippen LogP contribution in [0.2, 0.25) is 0 Å². The van der Waals surface area contributed by atoms with Crippen LogP contribution in [0.25, 0.3) is 71.7 Å². The van der Waals surface area contributed by atoms with Gasteiger partial charge in [0, 0.05) is 32.9 Å². The molecule has 8 aromatic rings. The average molecular weight is 565 g/mol. The third kappa shape index (κ3) is 4.11. The molecule has 44 heavy (non-hydrogen) atoms. The van der Waals surface area contributed by atoms with Gasteiger partial charge < -0.3 is 9.13 Å². The van der Waals surface area contributed by atoms with Gasteiger partial charge in [0.05, 0.1) is 22.1 Å². The van der Waals surface area contributed by atoms with E-state index in [4.69, 9.17) is 0 Å². The Bertz CT molecular complexity index is 2400. The van der Waals surface area contributed by atoms with Gasteiger partial charge in [0.15, 0.2) is 0 Å². The molecule has 0 aliphatic heterocycles. The number of hydrogen-bond acceptors (Lipinski definition) is 0. The molecule has 0 aliphatic rings. The van der Waals surface area contributed by atoms with Crippen molar-refractivity contribution < 1.29 is 0 Å². The minimum Gasteiger partial charge on any atom is -0.309 e. The van der Waals surface area contributed by atoms with Crippen LogP contribution in [-0.4, -0.2) is 9.13 Å². The van der Waals surface area contributed by atoms with E-state index < -0.39 is 0 Å². The molecular formula is C42H32N2. The third-order valence-electron chi connectivity index (χ3n) is 8.81. The molecule has 0 atom stereocenters. The third-order valence-corrected chi connectivity index (χ3v) is 8.81. The molecule has 0 aliphatic carbocycles. The van der Waals surface area contributed by atoms with E-state index in [-0.39, 0.29) is 0 Å². The summed E-state index contributed by atoms with van der Waals surface area (Å²) in [6, 6.07) is 48.7. The van der Waals surface area contributed by atoms with Gasteiger partial charge in [-0.15, -0.1) is 0 Å². The first kappa shape index (κ1) is 26.1. The second kappa shape index (κ2) is 10.3. The Balaban J connectivity index is 1.31. The van der Waals surface area contributed by atoms with Crippen molar-refractivity contribution in [3.05, 3.63) is 163 Å². The molecule has 0 saturated carbocycles. The lowest BCUT2D eigenvalue weighted by molar-refractivity contribution is 1.18. The number of rotatable bonds is 5. The molecule has 2 aromatic heterocycles. The molecule has 0 N–H and O–H groups in total. The lowest BCUT2D eigenvalue weighted by atomic mass is 10.0. The molecule has 0 fully saturated rings. The van der Waals surface area contributed by atoms with Crippen molar-refractivity contribution in [1.29, 1.82) is 0 Å². The van der Waals surface area contributed by atoms with Crippen molar-refractivity contribution in [3.8, 4) is 22.5 Å². The summed E-state index contributed by atoms with van der Waals surface area (Å²) in [5.41, 5.74) is 13.0. The van der Waals surface area contributed by atoms with Gasteiger partial charge in [0.25, 0.3) is 0 Å². The monoisotopic (exact) mass is 564 g/mol. The van der Waals surface area contributed by atoms with E-state index in [1.54, 1.807) is 0 Å². The van der Waals surface area contributed by atoms with Crippen molar-refractivity contribution in [2.75, 3.05) is 0 Å².